The van der Waals surface area contributed by atoms with E-state index in [2.05, 4.69) is 12.2 Å². The molecule has 25 heavy (non-hydrogen) atoms. The van der Waals surface area contributed by atoms with Crippen LogP contribution < -0.4 is 9.64 Å². The zero-order chi connectivity index (χ0) is 17.5. The van der Waals surface area contributed by atoms with Gasteiger partial charge in [0.1, 0.15) is 5.75 Å². The van der Waals surface area contributed by atoms with Gasteiger partial charge >= 0.3 is 0 Å². The molecule has 2 bridgehead atoms. The summed E-state index contributed by atoms with van der Waals surface area (Å²) in [7, 11) is 1.38. The van der Waals surface area contributed by atoms with E-state index in [1.54, 1.807) is 0 Å². The third-order valence-corrected chi connectivity index (χ3v) is 6.28. The maximum absolute atomic E-state index is 13.1. The second-order valence-electron chi connectivity index (χ2n) is 7.28. The molecule has 1 aromatic carbocycles. The van der Waals surface area contributed by atoms with Crippen molar-refractivity contribution in [1.29, 1.82) is 0 Å². The number of imide groups is 1. The van der Waals surface area contributed by atoms with Crippen LogP contribution in [0.25, 0.3) is 0 Å². The van der Waals surface area contributed by atoms with E-state index >= 15 is 0 Å². The van der Waals surface area contributed by atoms with Gasteiger partial charge in [0, 0.05) is 6.07 Å². The molecule has 7 heteroatoms. The van der Waals surface area contributed by atoms with E-state index in [0.29, 0.717) is 17.5 Å². The minimum Gasteiger partial charge on any atom is -0.494 e. The van der Waals surface area contributed by atoms with Crippen molar-refractivity contribution in [2.45, 2.75) is 6.42 Å². The van der Waals surface area contributed by atoms with Crippen LogP contribution in [0.2, 0.25) is 0 Å². The number of non-ortho nitro benzene ring substituents is 1. The van der Waals surface area contributed by atoms with Crippen LogP contribution in [0.5, 0.6) is 5.75 Å². The van der Waals surface area contributed by atoms with Gasteiger partial charge in [-0.1, -0.05) is 12.2 Å². The van der Waals surface area contributed by atoms with E-state index < -0.39 is 4.92 Å². The Bertz CT molecular complexity index is 827. The van der Waals surface area contributed by atoms with Gasteiger partial charge < -0.3 is 4.74 Å². The number of carbonyl (C=O) groups is 2. The molecular formula is C18H16N2O5. The first kappa shape index (κ1) is 14.6. The van der Waals surface area contributed by atoms with Gasteiger partial charge in [0.05, 0.1) is 35.6 Å². The molecule has 1 aromatic rings. The number of allylic oxidation sites excluding steroid dienone is 2. The number of methoxy groups -OCH3 is 1. The standard InChI is InChI=1S/C18H16N2O5/c1-25-14-6-8(20(23)24)2-5-13(14)19-17(21)15-9-3-4-10(12-7-11(9)12)16(15)18(19)22/h2-6,9-12,15-16H,7H2,1H3/t9-,10-,11-,12-,15+,16+/m1/s1. The average molecular weight is 340 g/mol. The molecule has 0 radical (unpaired) electrons. The van der Waals surface area contributed by atoms with Crippen molar-refractivity contribution in [3.8, 4) is 5.75 Å². The number of benzene rings is 1. The smallest absolute Gasteiger partial charge is 0.273 e. The van der Waals surface area contributed by atoms with Crippen molar-refractivity contribution in [1.82, 2.24) is 0 Å². The van der Waals surface area contributed by atoms with Crippen LogP contribution in [0.4, 0.5) is 11.4 Å². The van der Waals surface area contributed by atoms with E-state index in [0.717, 1.165) is 6.42 Å². The summed E-state index contributed by atoms with van der Waals surface area (Å²) < 4.78 is 5.23. The minimum absolute atomic E-state index is 0.139. The maximum Gasteiger partial charge on any atom is 0.273 e. The van der Waals surface area contributed by atoms with Gasteiger partial charge in [-0.25, -0.2) is 4.90 Å². The fraction of sp³-hybridized carbons (Fsp3) is 0.444. The van der Waals surface area contributed by atoms with Crippen LogP contribution in [-0.4, -0.2) is 23.8 Å². The van der Waals surface area contributed by atoms with Crippen LogP contribution in [0.15, 0.2) is 30.4 Å². The van der Waals surface area contributed by atoms with Crippen LogP contribution in [0.1, 0.15) is 6.42 Å². The predicted molar refractivity (Wildman–Crippen MR) is 86.8 cm³/mol. The highest BCUT2D eigenvalue weighted by Crippen LogP contribution is 2.65. The number of amides is 2. The average Bonchev–Trinajstić information content (AvgIpc) is 3.39. The Kier molecular flexibility index (Phi) is 2.74. The van der Waals surface area contributed by atoms with Gasteiger partial charge in [0.2, 0.25) is 11.8 Å². The summed E-state index contributed by atoms with van der Waals surface area (Å²) in [5, 5.41) is 11.0. The fourth-order valence-corrected chi connectivity index (χ4v) is 5.16. The lowest BCUT2D eigenvalue weighted by atomic mass is 9.63. The molecule has 2 saturated carbocycles. The lowest BCUT2D eigenvalue weighted by Crippen LogP contribution is -2.40. The number of carbonyl (C=O) groups excluding carboxylic acids is 2. The number of hydrogen-bond acceptors (Lipinski definition) is 5. The van der Waals surface area contributed by atoms with Crippen molar-refractivity contribution >= 4 is 23.2 Å². The Hall–Kier alpha value is -2.70. The molecule has 1 saturated heterocycles. The minimum atomic E-state index is -0.530. The Balaban J connectivity index is 1.57. The van der Waals surface area contributed by atoms with Crippen molar-refractivity contribution in [2.24, 2.45) is 35.5 Å². The van der Waals surface area contributed by atoms with Crippen molar-refractivity contribution in [3.63, 3.8) is 0 Å². The summed E-state index contributed by atoms with van der Waals surface area (Å²) in [6.45, 7) is 0. The van der Waals surface area contributed by atoms with Gasteiger partial charge in [0.15, 0.2) is 0 Å². The van der Waals surface area contributed by atoms with Gasteiger partial charge in [0.25, 0.3) is 5.69 Å². The summed E-state index contributed by atoms with van der Waals surface area (Å²) in [6, 6.07) is 3.98. The van der Waals surface area contributed by atoms with E-state index in [4.69, 9.17) is 4.74 Å². The molecular weight excluding hydrogens is 324 g/mol. The summed E-state index contributed by atoms with van der Waals surface area (Å²) >= 11 is 0. The van der Waals surface area contributed by atoms with Crippen LogP contribution in [0, 0.1) is 45.6 Å². The first-order valence-corrected chi connectivity index (χ1v) is 8.41. The molecule has 0 spiro atoms. The van der Waals surface area contributed by atoms with Crippen LogP contribution in [0.3, 0.4) is 0 Å². The molecule has 4 aliphatic carbocycles. The summed E-state index contributed by atoms with van der Waals surface area (Å²) in [4.78, 5) is 37.8. The molecule has 2 amide bonds. The second kappa shape index (κ2) is 4.68. The normalized spacial score (nSPS) is 37.1. The Morgan fingerprint density at radius 3 is 2.24 bits per heavy atom. The molecule has 1 heterocycles. The van der Waals surface area contributed by atoms with Crippen LogP contribution >= 0.6 is 0 Å². The molecule has 0 N–H and O–H groups in total. The molecule has 0 unspecified atom stereocenters. The van der Waals surface area contributed by atoms with Crippen molar-refractivity contribution < 1.29 is 19.2 Å². The highest BCUT2D eigenvalue weighted by atomic mass is 16.6. The predicted octanol–water partition coefficient (Wildman–Crippen LogP) is 2.16. The largest absolute Gasteiger partial charge is 0.494 e. The topological polar surface area (TPSA) is 89.8 Å². The third kappa shape index (κ3) is 1.75. The maximum atomic E-state index is 13.1. The molecule has 1 aliphatic heterocycles. The number of nitro groups is 1. The van der Waals surface area contributed by atoms with Gasteiger partial charge in [-0.2, -0.15) is 0 Å². The second-order valence-corrected chi connectivity index (χ2v) is 7.28. The first-order chi connectivity index (χ1) is 12.0. The number of anilines is 1. The van der Waals surface area contributed by atoms with E-state index in [1.165, 1.54) is 30.2 Å². The number of hydrogen-bond donors (Lipinski definition) is 0. The molecule has 7 nitrogen and oxygen atoms in total. The Morgan fingerprint density at radius 1 is 1.12 bits per heavy atom. The molecule has 3 fully saturated rings. The van der Waals surface area contributed by atoms with E-state index in [9.17, 15) is 19.7 Å². The van der Waals surface area contributed by atoms with Crippen molar-refractivity contribution in [2.75, 3.05) is 12.0 Å². The zero-order valence-corrected chi connectivity index (χ0v) is 13.5. The lowest BCUT2D eigenvalue weighted by Gasteiger charge is -2.37. The SMILES string of the molecule is COc1cc([N+](=O)[O-])ccc1N1C(=O)[C@H]2[C@@H]3C=C[C@H]([C@H]4C[C@H]34)[C@@H]2C1=O. The quantitative estimate of drug-likeness (QED) is 0.364. The summed E-state index contributed by atoms with van der Waals surface area (Å²) in [5.74, 6) is 0.519. The monoisotopic (exact) mass is 340 g/mol. The van der Waals surface area contributed by atoms with Gasteiger partial charge in [-0.05, 0) is 36.2 Å². The number of nitro benzene ring substituents is 1. The highest BCUT2D eigenvalue weighted by molar-refractivity contribution is 6.23. The summed E-state index contributed by atoms with van der Waals surface area (Å²) in [5.41, 5.74) is 0.158. The van der Waals surface area contributed by atoms with Crippen LogP contribution in [-0.2, 0) is 9.59 Å². The first-order valence-electron chi connectivity index (χ1n) is 8.41. The number of ether oxygens (including phenoxy) is 1. The molecule has 128 valence electrons. The van der Waals surface area contributed by atoms with Crippen molar-refractivity contribution in [3.05, 3.63) is 40.5 Å². The Labute approximate surface area is 143 Å². The Morgan fingerprint density at radius 2 is 1.72 bits per heavy atom. The lowest BCUT2D eigenvalue weighted by molar-refractivity contribution is -0.384. The molecule has 0 aromatic heterocycles. The number of rotatable bonds is 3. The highest BCUT2D eigenvalue weighted by Gasteiger charge is 2.67. The third-order valence-electron chi connectivity index (χ3n) is 6.28. The van der Waals surface area contributed by atoms with E-state index in [1.807, 2.05) is 0 Å². The van der Waals surface area contributed by atoms with Gasteiger partial charge in [-0.3, -0.25) is 19.7 Å². The molecule has 5 aliphatic rings. The van der Waals surface area contributed by atoms with Gasteiger partial charge in [-0.15, -0.1) is 0 Å². The molecule has 6 rings (SSSR count). The molecule has 6 atom stereocenters. The number of nitrogens with zero attached hydrogens (tertiary/aromatic N) is 2. The zero-order valence-electron chi connectivity index (χ0n) is 13.5. The fourth-order valence-electron chi connectivity index (χ4n) is 5.16. The van der Waals surface area contributed by atoms with E-state index in [-0.39, 0.29) is 46.9 Å². The summed E-state index contributed by atoms with van der Waals surface area (Å²) in [6.07, 6.45) is 5.33.